The van der Waals surface area contributed by atoms with Crippen LogP contribution >= 0.6 is 12.4 Å². The molecule has 2 rings (SSSR count). The number of benzene rings is 1. The lowest BCUT2D eigenvalue weighted by atomic mass is 10.1. The van der Waals surface area contributed by atoms with Gasteiger partial charge >= 0.3 is 0 Å². The Morgan fingerprint density at radius 1 is 1.25 bits per heavy atom. The molecule has 1 fully saturated rings. The molecule has 66 valence electrons. The Balaban J connectivity index is 0.000000720. The van der Waals surface area contributed by atoms with Gasteiger partial charge in [-0.25, -0.2) is 0 Å². The zero-order valence-corrected chi connectivity index (χ0v) is 7.97. The fourth-order valence-corrected chi connectivity index (χ4v) is 1.58. The first-order valence-corrected chi connectivity index (χ1v) is 4.14. The topological polar surface area (TPSA) is 12.0 Å². The zero-order chi connectivity index (χ0) is 7.68. The summed E-state index contributed by atoms with van der Waals surface area (Å²) in [5.74, 6) is 0.779. The van der Waals surface area contributed by atoms with Gasteiger partial charge in [-0.1, -0.05) is 30.3 Å². The van der Waals surface area contributed by atoms with E-state index in [0.717, 1.165) is 12.0 Å². The summed E-state index contributed by atoms with van der Waals surface area (Å²) in [5.41, 5.74) is 1.48. The first-order chi connectivity index (χ1) is 5.42. The van der Waals surface area contributed by atoms with Crippen LogP contribution in [0.15, 0.2) is 30.3 Å². The van der Waals surface area contributed by atoms with Crippen molar-refractivity contribution >= 4 is 12.4 Å². The van der Waals surface area contributed by atoms with E-state index in [1.54, 1.807) is 0 Å². The van der Waals surface area contributed by atoms with Gasteiger partial charge in [0.15, 0.2) is 0 Å². The zero-order valence-electron chi connectivity index (χ0n) is 7.16. The molecule has 0 bridgehead atoms. The Labute approximate surface area is 79.6 Å². The van der Waals surface area contributed by atoms with Gasteiger partial charge in [-0.3, -0.25) is 0 Å². The maximum Gasteiger partial charge on any atom is 0.0140 e. The minimum atomic E-state index is 0. The predicted molar refractivity (Wildman–Crippen MR) is 53.9 cm³/mol. The summed E-state index contributed by atoms with van der Waals surface area (Å²) in [6.45, 7) is 0. The maximum absolute atomic E-state index is 3.29. The highest BCUT2D eigenvalue weighted by Gasteiger charge is 2.36. The molecule has 12 heavy (non-hydrogen) atoms. The summed E-state index contributed by atoms with van der Waals surface area (Å²) in [4.78, 5) is 0. The van der Waals surface area contributed by atoms with E-state index in [0.29, 0.717) is 0 Å². The van der Waals surface area contributed by atoms with Gasteiger partial charge in [-0.15, -0.1) is 12.4 Å². The standard InChI is InChI=1S/C10H13N.ClH/c1-11-10-7-9(10)8-5-3-2-4-6-8;/h2-6,9-11H,7H2,1H3;1H/t9-,10-;/m1./s1. The smallest absolute Gasteiger partial charge is 0.0140 e. The van der Waals surface area contributed by atoms with Crippen molar-refractivity contribution in [3.63, 3.8) is 0 Å². The molecular weight excluding hydrogens is 170 g/mol. The van der Waals surface area contributed by atoms with Crippen LogP contribution in [0.1, 0.15) is 17.9 Å². The Kier molecular flexibility index (Phi) is 3.12. The summed E-state index contributed by atoms with van der Waals surface area (Å²) in [6.07, 6.45) is 1.31. The summed E-state index contributed by atoms with van der Waals surface area (Å²) in [7, 11) is 2.04. The lowest BCUT2D eigenvalue weighted by molar-refractivity contribution is 0.783. The summed E-state index contributed by atoms with van der Waals surface area (Å²) >= 11 is 0. The van der Waals surface area contributed by atoms with Crippen LogP contribution in [0.2, 0.25) is 0 Å². The second-order valence-corrected chi connectivity index (χ2v) is 3.15. The monoisotopic (exact) mass is 183 g/mol. The van der Waals surface area contributed by atoms with Crippen LogP contribution in [-0.4, -0.2) is 13.1 Å². The maximum atomic E-state index is 3.29. The van der Waals surface area contributed by atoms with E-state index in [4.69, 9.17) is 0 Å². The molecule has 1 nitrogen and oxygen atoms in total. The fraction of sp³-hybridized carbons (Fsp3) is 0.400. The van der Waals surface area contributed by atoms with Crippen molar-refractivity contribution in [3.05, 3.63) is 35.9 Å². The van der Waals surface area contributed by atoms with E-state index >= 15 is 0 Å². The van der Waals surface area contributed by atoms with Crippen LogP contribution in [0.4, 0.5) is 0 Å². The predicted octanol–water partition coefficient (Wildman–Crippen LogP) is 2.18. The lowest BCUT2D eigenvalue weighted by Gasteiger charge is -1.97. The molecule has 0 radical (unpaired) electrons. The van der Waals surface area contributed by atoms with Crippen LogP contribution in [0, 0.1) is 0 Å². The van der Waals surface area contributed by atoms with E-state index in [1.807, 2.05) is 7.05 Å². The summed E-state index contributed by atoms with van der Waals surface area (Å²) < 4.78 is 0. The third-order valence-electron chi connectivity index (χ3n) is 2.39. The first-order valence-electron chi connectivity index (χ1n) is 4.14. The highest BCUT2D eigenvalue weighted by atomic mass is 35.5. The highest BCUT2D eigenvalue weighted by molar-refractivity contribution is 5.85. The molecule has 0 saturated heterocycles. The molecule has 0 amide bonds. The third kappa shape index (κ3) is 1.79. The molecule has 2 atom stereocenters. The molecule has 2 heteroatoms. The van der Waals surface area contributed by atoms with Crippen molar-refractivity contribution < 1.29 is 0 Å². The van der Waals surface area contributed by atoms with E-state index in [1.165, 1.54) is 12.0 Å². The van der Waals surface area contributed by atoms with E-state index in [2.05, 4.69) is 35.6 Å². The number of hydrogen-bond acceptors (Lipinski definition) is 1. The lowest BCUT2D eigenvalue weighted by Crippen LogP contribution is -2.09. The Bertz CT molecular complexity index is 235. The van der Waals surface area contributed by atoms with Crippen molar-refractivity contribution in [2.24, 2.45) is 0 Å². The molecule has 1 aromatic carbocycles. The van der Waals surface area contributed by atoms with Crippen molar-refractivity contribution in [3.8, 4) is 0 Å². The average molecular weight is 184 g/mol. The summed E-state index contributed by atoms with van der Waals surface area (Å²) in [5, 5.41) is 3.29. The van der Waals surface area contributed by atoms with E-state index < -0.39 is 0 Å². The molecule has 0 heterocycles. The normalized spacial score (nSPS) is 26.1. The van der Waals surface area contributed by atoms with Crippen LogP contribution in [0.5, 0.6) is 0 Å². The second kappa shape index (κ2) is 3.92. The highest BCUT2D eigenvalue weighted by Crippen LogP contribution is 2.39. The number of halogens is 1. The fourth-order valence-electron chi connectivity index (χ4n) is 1.58. The van der Waals surface area contributed by atoms with Crippen LogP contribution < -0.4 is 5.32 Å². The van der Waals surface area contributed by atoms with Crippen LogP contribution in [0.3, 0.4) is 0 Å². The van der Waals surface area contributed by atoms with Crippen LogP contribution in [-0.2, 0) is 0 Å². The van der Waals surface area contributed by atoms with Gasteiger partial charge in [0.25, 0.3) is 0 Å². The quantitative estimate of drug-likeness (QED) is 0.741. The van der Waals surface area contributed by atoms with Gasteiger partial charge in [0, 0.05) is 12.0 Å². The van der Waals surface area contributed by atoms with Gasteiger partial charge in [0.1, 0.15) is 0 Å². The molecule has 1 N–H and O–H groups in total. The average Bonchev–Trinajstić information content (AvgIpc) is 2.85. The molecule has 0 aliphatic heterocycles. The third-order valence-corrected chi connectivity index (χ3v) is 2.39. The summed E-state index contributed by atoms with van der Waals surface area (Å²) in [6, 6.07) is 11.4. The first kappa shape index (κ1) is 9.56. The Morgan fingerprint density at radius 2 is 1.92 bits per heavy atom. The molecule has 1 saturated carbocycles. The van der Waals surface area contributed by atoms with E-state index in [-0.39, 0.29) is 12.4 Å². The van der Waals surface area contributed by atoms with Gasteiger partial charge < -0.3 is 5.32 Å². The second-order valence-electron chi connectivity index (χ2n) is 3.15. The van der Waals surface area contributed by atoms with Crippen LogP contribution in [0.25, 0.3) is 0 Å². The van der Waals surface area contributed by atoms with E-state index in [9.17, 15) is 0 Å². The van der Waals surface area contributed by atoms with Crippen molar-refractivity contribution in [1.29, 1.82) is 0 Å². The largest absolute Gasteiger partial charge is 0.316 e. The number of likely N-dealkylation sites (N-methyl/N-ethyl adjacent to an activating group) is 1. The molecule has 0 unspecified atom stereocenters. The SMILES string of the molecule is CN[C@@H]1C[C@@H]1c1ccccc1.Cl. The Hall–Kier alpha value is -0.530. The van der Waals surface area contributed by atoms with Gasteiger partial charge in [0.2, 0.25) is 0 Å². The number of rotatable bonds is 2. The van der Waals surface area contributed by atoms with Crippen molar-refractivity contribution in [2.45, 2.75) is 18.4 Å². The minimum Gasteiger partial charge on any atom is -0.316 e. The molecule has 1 aliphatic carbocycles. The van der Waals surface area contributed by atoms with Crippen molar-refractivity contribution in [2.75, 3.05) is 7.05 Å². The number of nitrogens with one attached hydrogen (secondary N) is 1. The minimum absolute atomic E-state index is 0. The molecular formula is C10H14ClN. The molecule has 0 spiro atoms. The Morgan fingerprint density at radius 3 is 2.42 bits per heavy atom. The molecule has 1 aliphatic rings. The van der Waals surface area contributed by atoms with Crippen molar-refractivity contribution in [1.82, 2.24) is 5.32 Å². The molecule has 1 aromatic rings. The number of hydrogen-bond donors (Lipinski definition) is 1. The molecule has 0 aromatic heterocycles. The van der Waals surface area contributed by atoms with Gasteiger partial charge in [-0.2, -0.15) is 0 Å². The van der Waals surface area contributed by atoms with Gasteiger partial charge in [-0.05, 0) is 19.0 Å². The van der Waals surface area contributed by atoms with Gasteiger partial charge in [0.05, 0.1) is 0 Å².